The van der Waals surface area contributed by atoms with E-state index >= 15 is 0 Å². The summed E-state index contributed by atoms with van der Waals surface area (Å²) in [5, 5.41) is 3.09. The van der Waals surface area contributed by atoms with E-state index in [-0.39, 0.29) is 0 Å². The summed E-state index contributed by atoms with van der Waals surface area (Å²) >= 11 is 0. The van der Waals surface area contributed by atoms with Gasteiger partial charge in [0, 0.05) is 18.5 Å². The molecular formula is C7H10N2. The number of allylic oxidation sites excluding steroid dienone is 1. The Morgan fingerprint density at radius 3 is 3.11 bits per heavy atom. The van der Waals surface area contributed by atoms with Crippen LogP contribution >= 0.6 is 0 Å². The Bertz CT molecular complexity index is 140. The molecule has 0 aromatic heterocycles. The topological polar surface area (TPSA) is 24.4 Å². The molecule has 1 unspecified atom stereocenters. The smallest absolute Gasteiger partial charge is 0.0454 e. The number of likely N-dealkylation sites (N-methyl/N-ethyl adjacent to an activating group) is 1. The van der Waals surface area contributed by atoms with Crippen LogP contribution in [0.5, 0.6) is 0 Å². The maximum absolute atomic E-state index is 3.94. The molecule has 0 spiro atoms. The van der Waals surface area contributed by atoms with Crippen molar-refractivity contribution in [3.63, 3.8) is 0 Å². The van der Waals surface area contributed by atoms with Crippen molar-refractivity contribution in [2.24, 2.45) is 4.99 Å². The quantitative estimate of drug-likeness (QED) is 0.544. The molecule has 2 heteroatoms. The maximum atomic E-state index is 3.94. The number of hydrogen-bond donors (Lipinski definition) is 1. The first-order valence-corrected chi connectivity index (χ1v) is 2.97. The summed E-state index contributed by atoms with van der Waals surface area (Å²) in [7, 11) is 1.92. The van der Waals surface area contributed by atoms with Crippen LogP contribution in [-0.2, 0) is 0 Å². The van der Waals surface area contributed by atoms with Crippen molar-refractivity contribution < 1.29 is 0 Å². The molecule has 1 rings (SSSR count). The lowest BCUT2D eigenvalue weighted by atomic mass is 10.3. The van der Waals surface area contributed by atoms with E-state index in [4.69, 9.17) is 0 Å². The zero-order valence-corrected chi connectivity index (χ0v) is 5.41. The van der Waals surface area contributed by atoms with Gasteiger partial charge in [0.05, 0.1) is 0 Å². The van der Waals surface area contributed by atoms with Crippen molar-refractivity contribution >= 4 is 6.21 Å². The van der Waals surface area contributed by atoms with Gasteiger partial charge in [-0.3, -0.25) is 4.99 Å². The van der Waals surface area contributed by atoms with Crippen LogP contribution in [0.25, 0.3) is 0 Å². The molecule has 0 aromatic rings. The molecule has 0 aliphatic carbocycles. The number of aliphatic imine (C=N–C) groups is 1. The molecule has 0 radical (unpaired) electrons. The summed E-state index contributed by atoms with van der Waals surface area (Å²) in [4.78, 5) is 3.94. The average molecular weight is 122 g/mol. The largest absolute Gasteiger partial charge is 0.310 e. The fourth-order valence-corrected chi connectivity index (χ4v) is 0.668. The van der Waals surface area contributed by atoms with Crippen molar-refractivity contribution in [2.45, 2.75) is 6.04 Å². The van der Waals surface area contributed by atoms with Crippen molar-refractivity contribution in [3.05, 3.63) is 24.4 Å². The lowest BCUT2D eigenvalue weighted by Gasteiger charge is -2.01. The van der Waals surface area contributed by atoms with E-state index in [1.165, 1.54) is 0 Å². The second-order valence-corrected chi connectivity index (χ2v) is 1.84. The predicted octanol–water partition coefficient (Wildman–Crippen LogP) is 0.729. The molecule has 1 heterocycles. The van der Waals surface area contributed by atoms with Gasteiger partial charge in [-0.2, -0.15) is 0 Å². The van der Waals surface area contributed by atoms with Gasteiger partial charge in [-0.15, -0.1) is 0 Å². The second-order valence-electron chi connectivity index (χ2n) is 1.84. The first-order valence-electron chi connectivity index (χ1n) is 2.97. The lowest BCUT2D eigenvalue weighted by Crippen LogP contribution is -2.19. The third-order valence-corrected chi connectivity index (χ3v) is 1.20. The predicted molar refractivity (Wildman–Crippen MR) is 39.6 cm³/mol. The van der Waals surface area contributed by atoms with Gasteiger partial charge in [0.1, 0.15) is 0 Å². The van der Waals surface area contributed by atoms with E-state index < -0.39 is 0 Å². The fraction of sp³-hybridized carbons (Fsp3) is 0.286. The van der Waals surface area contributed by atoms with Crippen LogP contribution in [0.2, 0.25) is 0 Å². The Labute approximate surface area is 55.0 Å². The summed E-state index contributed by atoms with van der Waals surface area (Å²) in [6.45, 7) is 0. The summed E-state index contributed by atoms with van der Waals surface area (Å²) in [6, 6.07) is 0.340. The molecule has 0 saturated carbocycles. The molecule has 0 amide bonds. The third-order valence-electron chi connectivity index (χ3n) is 1.20. The molecule has 1 aliphatic heterocycles. The Kier molecular flexibility index (Phi) is 2.22. The average Bonchev–Trinajstić information content (AvgIpc) is 2.13. The first-order chi connectivity index (χ1) is 4.43. The number of nitrogens with one attached hydrogen (secondary N) is 1. The zero-order valence-electron chi connectivity index (χ0n) is 5.41. The van der Waals surface area contributed by atoms with Gasteiger partial charge in [0.15, 0.2) is 0 Å². The van der Waals surface area contributed by atoms with Gasteiger partial charge >= 0.3 is 0 Å². The third kappa shape index (κ3) is 1.82. The minimum atomic E-state index is 0.340. The van der Waals surface area contributed by atoms with Crippen molar-refractivity contribution in [1.29, 1.82) is 0 Å². The minimum absolute atomic E-state index is 0.340. The van der Waals surface area contributed by atoms with Gasteiger partial charge in [0.2, 0.25) is 0 Å². The van der Waals surface area contributed by atoms with Crippen LogP contribution in [0, 0.1) is 0 Å². The lowest BCUT2D eigenvalue weighted by molar-refractivity contribution is 0.791. The molecule has 0 bridgehead atoms. The molecular weight excluding hydrogens is 112 g/mol. The van der Waals surface area contributed by atoms with E-state index in [1.54, 1.807) is 12.4 Å². The highest BCUT2D eigenvalue weighted by Gasteiger charge is 1.92. The van der Waals surface area contributed by atoms with Crippen LogP contribution in [0.1, 0.15) is 0 Å². The highest BCUT2D eigenvalue weighted by molar-refractivity contribution is 5.72. The highest BCUT2D eigenvalue weighted by atomic mass is 14.9. The maximum Gasteiger partial charge on any atom is 0.0454 e. The molecule has 1 atom stereocenters. The van der Waals surface area contributed by atoms with Crippen molar-refractivity contribution in [1.82, 2.24) is 5.32 Å². The van der Waals surface area contributed by atoms with Crippen molar-refractivity contribution in [3.8, 4) is 0 Å². The SMILES string of the molecule is CNC1C=CC=NC=C1. The molecule has 1 aliphatic rings. The summed E-state index contributed by atoms with van der Waals surface area (Å²) < 4.78 is 0. The van der Waals surface area contributed by atoms with E-state index in [2.05, 4.69) is 10.3 Å². The Balaban J connectivity index is 2.58. The van der Waals surface area contributed by atoms with Gasteiger partial charge in [0.25, 0.3) is 0 Å². The molecule has 0 saturated heterocycles. The summed E-state index contributed by atoms with van der Waals surface area (Å²) in [5.41, 5.74) is 0. The van der Waals surface area contributed by atoms with Crippen molar-refractivity contribution in [2.75, 3.05) is 7.05 Å². The Hall–Kier alpha value is -0.890. The fourth-order valence-electron chi connectivity index (χ4n) is 0.668. The molecule has 0 fully saturated rings. The van der Waals surface area contributed by atoms with Crippen LogP contribution in [0.3, 0.4) is 0 Å². The van der Waals surface area contributed by atoms with Gasteiger partial charge in [-0.05, 0) is 19.2 Å². The van der Waals surface area contributed by atoms with Crippen LogP contribution < -0.4 is 5.32 Å². The van der Waals surface area contributed by atoms with E-state index in [0.29, 0.717) is 6.04 Å². The normalized spacial score (nSPS) is 24.3. The first kappa shape index (κ1) is 6.23. The Morgan fingerprint density at radius 1 is 1.44 bits per heavy atom. The van der Waals surface area contributed by atoms with Gasteiger partial charge in [-0.1, -0.05) is 6.08 Å². The summed E-state index contributed by atoms with van der Waals surface area (Å²) in [5.74, 6) is 0. The number of nitrogens with zero attached hydrogens (tertiary/aromatic N) is 1. The van der Waals surface area contributed by atoms with Gasteiger partial charge in [-0.25, -0.2) is 0 Å². The van der Waals surface area contributed by atoms with Crippen LogP contribution in [0.4, 0.5) is 0 Å². The van der Waals surface area contributed by atoms with Gasteiger partial charge < -0.3 is 5.32 Å². The van der Waals surface area contributed by atoms with Crippen LogP contribution in [-0.4, -0.2) is 19.3 Å². The Morgan fingerprint density at radius 2 is 2.33 bits per heavy atom. The molecule has 1 N–H and O–H groups in total. The number of hydrogen-bond acceptors (Lipinski definition) is 2. The highest BCUT2D eigenvalue weighted by Crippen LogP contribution is 1.91. The molecule has 0 aromatic carbocycles. The second kappa shape index (κ2) is 3.20. The summed E-state index contributed by atoms with van der Waals surface area (Å²) in [6.07, 6.45) is 9.54. The molecule has 2 nitrogen and oxygen atoms in total. The van der Waals surface area contributed by atoms with E-state index in [0.717, 1.165) is 0 Å². The van der Waals surface area contributed by atoms with E-state index in [1.807, 2.05) is 25.3 Å². The molecule has 48 valence electrons. The monoisotopic (exact) mass is 122 g/mol. The molecule has 9 heavy (non-hydrogen) atoms. The number of rotatable bonds is 1. The minimum Gasteiger partial charge on any atom is -0.310 e. The van der Waals surface area contributed by atoms with Crippen LogP contribution in [0.15, 0.2) is 29.4 Å². The zero-order chi connectivity index (χ0) is 6.53. The standard InChI is InChI=1S/C7H10N2/c1-8-7-3-2-5-9-6-4-7/h2-8H,1H3. The van der Waals surface area contributed by atoms with E-state index in [9.17, 15) is 0 Å².